The van der Waals surface area contributed by atoms with Crippen LogP contribution in [0.15, 0.2) is 47.4 Å². The minimum Gasteiger partial charge on any atom is -0.492 e. The van der Waals surface area contributed by atoms with Crippen molar-refractivity contribution < 1.29 is 22.7 Å². The first kappa shape index (κ1) is 25.7. The van der Waals surface area contributed by atoms with Gasteiger partial charge in [-0.15, -0.1) is 0 Å². The fourth-order valence-electron chi connectivity index (χ4n) is 4.17. The molecule has 0 spiro atoms. The van der Waals surface area contributed by atoms with Crippen molar-refractivity contribution in [3.8, 4) is 5.75 Å². The van der Waals surface area contributed by atoms with E-state index in [4.69, 9.17) is 10.5 Å². The molecule has 0 radical (unpaired) electrons. The number of anilines is 1. The summed E-state index contributed by atoms with van der Waals surface area (Å²) in [6.45, 7) is 6.58. The van der Waals surface area contributed by atoms with Gasteiger partial charge in [0.1, 0.15) is 10.6 Å². The molecule has 2 aromatic rings. The highest BCUT2D eigenvalue weighted by Gasteiger charge is 2.31. The van der Waals surface area contributed by atoms with E-state index in [9.17, 15) is 18.0 Å². The molecule has 184 valence electrons. The van der Waals surface area contributed by atoms with Gasteiger partial charge in [-0.25, -0.2) is 8.42 Å². The molecule has 0 bridgehead atoms. The van der Waals surface area contributed by atoms with Crippen LogP contribution in [0.2, 0.25) is 0 Å². The Morgan fingerprint density at radius 3 is 2.41 bits per heavy atom. The lowest BCUT2D eigenvalue weighted by Gasteiger charge is -2.34. The topological polar surface area (TPSA) is 122 Å². The van der Waals surface area contributed by atoms with Crippen LogP contribution in [0.4, 0.5) is 5.69 Å². The number of nitrogens with two attached hydrogens (primary N) is 1. The zero-order chi connectivity index (χ0) is 24.9. The first-order chi connectivity index (χ1) is 16.2. The largest absolute Gasteiger partial charge is 0.492 e. The van der Waals surface area contributed by atoms with Crippen LogP contribution in [0.5, 0.6) is 5.75 Å². The second-order valence-electron chi connectivity index (χ2n) is 8.03. The number of ether oxygens (including phenoxy) is 1. The Morgan fingerprint density at radius 2 is 1.79 bits per heavy atom. The van der Waals surface area contributed by atoms with Crippen molar-refractivity contribution in [3.63, 3.8) is 0 Å². The van der Waals surface area contributed by atoms with Gasteiger partial charge in [0.05, 0.1) is 19.2 Å². The first-order valence-electron chi connectivity index (χ1n) is 11.4. The zero-order valence-electron chi connectivity index (χ0n) is 19.8. The molecule has 2 aromatic carbocycles. The van der Waals surface area contributed by atoms with Crippen LogP contribution in [0.25, 0.3) is 0 Å². The van der Waals surface area contributed by atoms with E-state index < -0.39 is 22.0 Å². The number of hydrogen-bond acceptors (Lipinski definition) is 6. The summed E-state index contributed by atoms with van der Waals surface area (Å²) in [5, 5.41) is 2.76. The highest BCUT2D eigenvalue weighted by Crippen LogP contribution is 2.30. The molecule has 34 heavy (non-hydrogen) atoms. The summed E-state index contributed by atoms with van der Waals surface area (Å²) in [4.78, 5) is 26.7. The summed E-state index contributed by atoms with van der Waals surface area (Å²) < 4.78 is 33.2. The number of amides is 2. The lowest BCUT2D eigenvalue weighted by Crippen LogP contribution is -2.50. The standard InChI is InChI=1S/C24H32N4O5S/c1-4-28(5-2)34(31,32)22-14-19(11-12-21(22)33-6-3)26-23(29)16-27-15-18-10-8-7-9-17(18)13-20(27)24(25)30/h7-12,14,20H,4-6,13,15-16H2,1-3H3,(H2,25,30)(H,26,29). The van der Waals surface area contributed by atoms with E-state index in [-0.39, 0.29) is 23.1 Å². The smallest absolute Gasteiger partial charge is 0.246 e. The van der Waals surface area contributed by atoms with Gasteiger partial charge in [0.2, 0.25) is 21.8 Å². The van der Waals surface area contributed by atoms with E-state index in [0.29, 0.717) is 38.3 Å². The van der Waals surface area contributed by atoms with Crippen molar-refractivity contribution in [3.05, 3.63) is 53.6 Å². The van der Waals surface area contributed by atoms with E-state index in [0.717, 1.165) is 11.1 Å². The highest BCUT2D eigenvalue weighted by molar-refractivity contribution is 7.89. The van der Waals surface area contributed by atoms with Gasteiger partial charge in [-0.05, 0) is 42.7 Å². The Bertz CT molecular complexity index is 1150. The number of rotatable bonds is 10. The van der Waals surface area contributed by atoms with Gasteiger partial charge in [0, 0.05) is 25.3 Å². The predicted molar refractivity (Wildman–Crippen MR) is 130 cm³/mol. The summed E-state index contributed by atoms with van der Waals surface area (Å²) >= 11 is 0. The van der Waals surface area contributed by atoms with Crippen molar-refractivity contribution in [2.75, 3.05) is 31.6 Å². The maximum Gasteiger partial charge on any atom is 0.246 e. The molecule has 10 heteroatoms. The average Bonchev–Trinajstić information content (AvgIpc) is 2.80. The average molecular weight is 489 g/mol. The quantitative estimate of drug-likeness (QED) is 0.527. The van der Waals surface area contributed by atoms with Crippen LogP contribution in [-0.4, -0.2) is 61.7 Å². The van der Waals surface area contributed by atoms with Gasteiger partial charge in [0.25, 0.3) is 0 Å². The molecule has 0 saturated carbocycles. The molecule has 9 nitrogen and oxygen atoms in total. The highest BCUT2D eigenvalue weighted by atomic mass is 32.2. The molecule has 0 saturated heterocycles. The van der Waals surface area contributed by atoms with Gasteiger partial charge < -0.3 is 15.8 Å². The van der Waals surface area contributed by atoms with E-state index in [1.54, 1.807) is 37.8 Å². The predicted octanol–water partition coefficient (Wildman–Crippen LogP) is 1.97. The lowest BCUT2D eigenvalue weighted by molar-refractivity contribution is -0.125. The van der Waals surface area contributed by atoms with E-state index in [2.05, 4.69) is 5.32 Å². The van der Waals surface area contributed by atoms with Crippen LogP contribution >= 0.6 is 0 Å². The van der Waals surface area contributed by atoms with Crippen LogP contribution in [-0.2, 0) is 32.6 Å². The Morgan fingerprint density at radius 1 is 1.12 bits per heavy atom. The van der Waals surface area contributed by atoms with Gasteiger partial charge in [-0.2, -0.15) is 4.31 Å². The van der Waals surface area contributed by atoms with Crippen molar-refractivity contribution in [2.24, 2.45) is 5.73 Å². The molecule has 0 fully saturated rings. The molecule has 0 aliphatic carbocycles. The van der Waals surface area contributed by atoms with Crippen LogP contribution in [0, 0.1) is 0 Å². The molecule has 2 amide bonds. The summed E-state index contributed by atoms with van der Waals surface area (Å²) in [7, 11) is -3.81. The summed E-state index contributed by atoms with van der Waals surface area (Å²) in [5.74, 6) is -0.634. The molecule has 1 unspecified atom stereocenters. The second-order valence-corrected chi connectivity index (χ2v) is 9.93. The van der Waals surface area contributed by atoms with Crippen LogP contribution < -0.4 is 15.8 Å². The number of carbonyl (C=O) groups excluding carboxylic acids is 2. The minimum absolute atomic E-state index is 0.00207. The van der Waals surface area contributed by atoms with Crippen molar-refractivity contribution in [1.82, 2.24) is 9.21 Å². The number of nitrogens with one attached hydrogen (secondary N) is 1. The maximum absolute atomic E-state index is 13.2. The molecular formula is C24H32N4O5S. The monoisotopic (exact) mass is 488 g/mol. The fraction of sp³-hybridized carbons (Fsp3) is 0.417. The molecule has 1 aliphatic rings. The van der Waals surface area contributed by atoms with Gasteiger partial charge >= 0.3 is 0 Å². The number of carbonyl (C=O) groups is 2. The third-order valence-electron chi connectivity index (χ3n) is 5.87. The number of nitrogens with zero attached hydrogens (tertiary/aromatic N) is 2. The second kappa shape index (κ2) is 11.0. The normalized spacial score (nSPS) is 16.2. The summed E-state index contributed by atoms with van der Waals surface area (Å²) in [6, 6.07) is 11.7. The molecule has 3 rings (SSSR count). The van der Waals surface area contributed by atoms with Gasteiger partial charge in [0.15, 0.2) is 0 Å². The van der Waals surface area contributed by atoms with E-state index >= 15 is 0 Å². The molecule has 0 aromatic heterocycles. The number of fused-ring (bicyclic) bond motifs is 1. The van der Waals surface area contributed by atoms with Crippen molar-refractivity contribution >= 4 is 27.5 Å². The molecule has 3 N–H and O–H groups in total. The molecule has 1 atom stereocenters. The number of hydrogen-bond donors (Lipinski definition) is 2. The molecule has 1 heterocycles. The third-order valence-corrected chi connectivity index (χ3v) is 7.94. The Balaban J connectivity index is 1.82. The maximum atomic E-state index is 13.2. The number of sulfonamides is 1. The van der Waals surface area contributed by atoms with Gasteiger partial charge in [-0.3, -0.25) is 14.5 Å². The lowest BCUT2D eigenvalue weighted by atomic mass is 9.93. The summed E-state index contributed by atoms with van der Waals surface area (Å²) in [6.07, 6.45) is 0.439. The molecule has 1 aliphatic heterocycles. The third kappa shape index (κ3) is 5.57. The van der Waals surface area contributed by atoms with Crippen LogP contribution in [0.3, 0.4) is 0 Å². The van der Waals surface area contributed by atoms with Gasteiger partial charge in [-0.1, -0.05) is 38.1 Å². The van der Waals surface area contributed by atoms with Crippen molar-refractivity contribution in [2.45, 2.75) is 44.7 Å². The first-order valence-corrected chi connectivity index (χ1v) is 12.8. The zero-order valence-corrected chi connectivity index (χ0v) is 20.6. The number of primary amides is 1. The Hall–Kier alpha value is -2.95. The van der Waals surface area contributed by atoms with Crippen LogP contribution in [0.1, 0.15) is 31.9 Å². The fourth-order valence-corrected chi connectivity index (χ4v) is 5.79. The minimum atomic E-state index is -3.81. The summed E-state index contributed by atoms with van der Waals surface area (Å²) in [5.41, 5.74) is 8.02. The molecular weight excluding hydrogens is 456 g/mol. The Labute approximate surface area is 200 Å². The van der Waals surface area contributed by atoms with E-state index in [1.165, 1.54) is 10.4 Å². The van der Waals surface area contributed by atoms with E-state index in [1.807, 2.05) is 24.3 Å². The Kier molecular flexibility index (Phi) is 8.29. The number of benzene rings is 2. The van der Waals surface area contributed by atoms with Crippen molar-refractivity contribution in [1.29, 1.82) is 0 Å². The SMILES string of the molecule is CCOc1ccc(NC(=O)CN2Cc3ccccc3CC2C(N)=O)cc1S(=O)(=O)N(CC)CC.